The van der Waals surface area contributed by atoms with Crippen molar-refractivity contribution in [3.05, 3.63) is 35.4 Å². The molecule has 18 heavy (non-hydrogen) atoms. The highest BCUT2D eigenvalue weighted by Gasteiger charge is 2.20. The molecule has 0 atom stereocenters. The molecule has 0 saturated heterocycles. The number of hydrogen-bond donors (Lipinski definition) is 2. The van der Waals surface area contributed by atoms with Crippen molar-refractivity contribution in [2.24, 2.45) is 5.73 Å². The number of rotatable bonds is 4. The molecule has 0 aliphatic carbocycles. The molecule has 6 heteroatoms. The second-order valence-corrected chi connectivity index (χ2v) is 7.34. The standard InChI is InChI=1S/C12H18N2O2S2/c1-12(2,3)14-18(15,16)8-9-5-4-6-10(7-9)11(13)17/h4-7,14H,8H2,1-3H3,(H2,13,17). The summed E-state index contributed by atoms with van der Waals surface area (Å²) in [5.74, 6) is -0.0826. The molecule has 0 radical (unpaired) electrons. The fraction of sp³-hybridized carbons (Fsp3) is 0.417. The molecular formula is C12H18N2O2S2. The van der Waals surface area contributed by atoms with Crippen molar-refractivity contribution in [2.75, 3.05) is 0 Å². The van der Waals surface area contributed by atoms with Crippen LogP contribution in [0.25, 0.3) is 0 Å². The van der Waals surface area contributed by atoms with Crippen molar-refractivity contribution in [2.45, 2.75) is 32.1 Å². The summed E-state index contributed by atoms with van der Waals surface area (Å²) in [5, 5.41) is 0. The summed E-state index contributed by atoms with van der Waals surface area (Å²) in [7, 11) is -3.37. The van der Waals surface area contributed by atoms with Gasteiger partial charge in [0.15, 0.2) is 0 Å². The summed E-state index contributed by atoms with van der Waals surface area (Å²) < 4.78 is 26.4. The van der Waals surface area contributed by atoms with Crippen LogP contribution in [-0.4, -0.2) is 18.9 Å². The van der Waals surface area contributed by atoms with Crippen LogP contribution in [0.15, 0.2) is 24.3 Å². The minimum Gasteiger partial charge on any atom is -0.389 e. The van der Waals surface area contributed by atoms with Gasteiger partial charge in [-0.3, -0.25) is 0 Å². The topological polar surface area (TPSA) is 72.2 Å². The van der Waals surface area contributed by atoms with E-state index >= 15 is 0 Å². The van der Waals surface area contributed by atoms with Gasteiger partial charge in [0.2, 0.25) is 10.0 Å². The van der Waals surface area contributed by atoms with Gasteiger partial charge in [0.05, 0.1) is 5.75 Å². The first kappa shape index (κ1) is 15.1. The number of nitrogens with one attached hydrogen (secondary N) is 1. The molecule has 0 aliphatic heterocycles. The van der Waals surface area contributed by atoms with Crippen LogP contribution in [0, 0.1) is 0 Å². The summed E-state index contributed by atoms with van der Waals surface area (Å²) in [4.78, 5) is 0.262. The lowest BCUT2D eigenvalue weighted by Gasteiger charge is -2.20. The zero-order valence-corrected chi connectivity index (χ0v) is 12.4. The van der Waals surface area contributed by atoms with E-state index in [-0.39, 0.29) is 10.7 Å². The Morgan fingerprint density at radius 3 is 2.50 bits per heavy atom. The largest absolute Gasteiger partial charge is 0.389 e. The second-order valence-electron chi connectivity index (χ2n) is 5.18. The van der Waals surface area contributed by atoms with Gasteiger partial charge in [0.25, 0.3) is 0 Å². The Morgan fingerprint density at radius 2 is 2.00 bits per heavy atom. The molecule has 0 amide bonds. The maximum absolute atomic E-state index is 11.9. The van der Waals surface area contributed by atoms with Gasteiger partial charge in [0.1, 0.15) is 4.99 Å². The molecule has 100 valence electrons. The normalized spacial score (nSPS) is 12.4. The molecule has 1 aromatic carbocycles. The molecule has 0 unspecified atom stereocenters. The van der Waals surface area contributed by atoms with Gasteiger partial charge in [-0.15, -0.1) is 0 Å². The van der Waals surface area contributed by atoms with Gasteiger partial charge in [-0.05, 0) is 32.4 Å². The Bertz CT molecular complexity index is 545. The fourth-order valence-corrected chi connectivity index (χ4v) is 3.29. The third kappa shape index (κ3) is 5.12. The maximum Gasteiger partial charge on any atom is 0.216 e. The van der Waals surface area contributed by atoms with Crippen LogP contribution < -0.4 is 10.5 Å². The predicted octanol–water partition coefficient (Wildman–Crippen LogP) is 1.54. The Balaban J connectivity index is 2.91. The van der Waals surface area contributed by atoms with Crippen LogP contribution in [0.1, 0.15) is 31.9 Å². The highest BCUT2D eigenvalue weighted by molar-refractivity contribution is 7.88. The molecule has 1 aromatic rings. The first-order valence-corrected chi connectivity index (χ1v) is 7.55. The molecule has 0 spiro atoms. The van der Waals surface area contributed by atoms with Crippen molar-refractivity contribution < 1.29 is 8.42 Å². The number of nitrogens with two attached hydrogens (primary N) is 1. The number of hydrogen-bond acceptors (Lipinski definition) is 3. The molecule has 0 aromatic heterocycles. The SMILES string of the molecule is CC(C)(C)NS(=O)(=O)Cc1cccc(C(N)=S)c1. The molecule has 0 aliphatic rings. The zero-order chi connectivity index (χ0) is 14.0. The summed E-state index contributed by atoms with van der Waals surface area (Å²) in [6, 6.07) is 6.94. The van der Waals surface area contributed by atoms with E-state index in [4.69, 9.17) is 18.0 Å². The molecular weight excluding hydrogens is 268 g/mol. The van der Waals surface area contributed by atoms with E-state index in [1.165, 1.54) is 0 Å². The van der Waals surface area contributed by atoms with E-state index in [2.05, 4.69) is 4.72 Å². The van der Waals surface area contributed by atoms with Gasteiger partial charge in [0, 0.05) is 11.1 Å². The molecule has 3 N–H and O–H groups in total. The van der Waals surface area contributed by atoms with Crippen LogP contribution >= 0.6 is 12.2 Å². The van der Waals surface area contributed by atoms with Crippen molar-refractivity contribution in [1.29, 1.82) is 0 Å². The van der Waals surface area contributed by atoms with E-state index in [9.17, 15) is 8.42 Å². The average Bonchev–Trinajstić information content (AvgIpc) is 2.12. The van der Waals surface area contributed by atoms with Gasteiger partial charge >= 0.3 is 0 Å². The lowest BCUT2D eigenvalue weighted by atomic mass is 10.1. The summed E-state index contributed by atoms with van der Waals surface area (Å²) in [6.07, 6.45) is 0. The van der Waals surface area contributed by atoms with Gasteiger partial charge < -0.3 is 5.73 Å². The maximum atomic E-state index is 11.9. The van der Waals surface area contributed by atoms with Crippen molar-refractivity contribution in [3.8, 4) is 0 Å². The van der Waals surface area contributed by atoms with Crippen LogP contribution in [0.3, 0.4) is 0 Å². The highest BCUT2D eigenvalue weighted by atomic mass is 32.2. The Labute approximate surface area is 114 Å². The Morgan fingerprint density at radius 1 is 1.39 bits per heavy atom. The Kier molecular flexibility index (Phi) is 4.47. The van der Waals surface area contributed by atoms with E-state index in [0.29, 0.717) is 11.1 Å². The molecule has 0 saturated carbocycles. The van der Waals surface area contributed by atoms with Crippen LogP contribution in [0.2, 0.25) is 0 Å². The quantitative estimate of drug-likeness (QED) is 0.824. The number of benzene rings is 1. The lowest BCUT2D eigenvalue weighted by molar-refractivity contribution is 0.491. The fourth-order valence-electron chi connectivity index (χ4n) is 1.54. The van der Waals surface area contributed by atoms with E-state index in [1.54, 1.807) is 45.0 Å². The molecule has 1 rings (SSSR count). The lowest BCUT2D eigenvalue weighted by Crippen LogP contribution is -2.41. The summed E-state index contributed by atoms with van der Waals surface area (Å²) in [5.41, 5.74) is 6.37. The number of sulfonamides is 1. The highest BCUT2D eigenvalue weighted by Crippen LogP contribution is 2.11. The van der Waals surface area contributed by atoms with Crippen LogP contribution in [-0.2, 0) is 15.8 Å². The minimum atomic E-state index is -3.37. The number of thiocarbonyl (C=S) groups is 1. The van der Waals surface area contributed by atoms with E-state index < -0.39 is 15.6 Å². The minimum absolute atomic E-state index is 0.0826. The first-order chi connectivity index (χ1) is 8.09. The summed E-state index contributed by atoms with van der Waals surface area (Å²) >= 11 is 4.86. The van der Waals surface area contributed by atoms with Gasteiger partial charge in [-0.25, -0.2) is 13.1 Å². The third-order valence-electron chi connectivity index (χ3n) is 2.03. The van der Waals surface area contributed by atoms with E-state index in [0.717, 1.165) is 0 Å². The molecule has 0 fully saturated rings. The van der Waals surface area contributed by atoms with Crippen molar-refractivity contribution in [1.82, 2.24) is 4.72 Å². The zero-order valence-electron chi connectivity index (χ0n) is 10.7. The monoisotopic (exact) mass is 286 g/mol. The average molecular weight is 286 g/mol. The van der Waals surface area contributed by atoms with Crippen LogP contribution in [0.4, 0.5) is 0 Å². The summed E-state index contributed by atoms with van der Waals surface area (Å²) in [6.45, 7) is 5.40. The van der Waals surface area contributed by atoms with Gasteiger partial charge in [-0.2, -0.15) is 0 Å². The van der Waals surface area contributed by atoms with Crippen molar-refractivity contribution in [3.63, 3.8) is 0 Å². The van der Waals surface area contributed by atoms with Crippen LogP contribution in [0.5, 0.6) is 0 Å². The molecule has 0 heterocycles. The van der Waals surface area contributed by atoms with Crippen molar-refractivity contribution >= 4 is 27.2 Å². The molecule has 0 bridgehead atoms. The Hall–Kier alpha value is -0.980. The van der Waals surface area contributed by atoms with Gasteiger partial charge in [-0.1, -0.05) is 30.4 Å². The predicted molar refractivity (Wildman–Crippen MR) is 77.8 cm³/mol. The first-order valence-electron chi connectivity index (χ1n) is 5.49. The van der Waals surface area contributed by atoms with E-state index in [1.807, 2.05) is 0 Å². The second kappa shape index (κ2) is 5.34. The third-order valence-corrected chi connectivity index (χ3v) is 3.90. The smallest absolute Gasteiger partial charge is 0.216 e. The molecule has 4 nitrogen and oxygen atoms in total.